The molecule has 2 aliphatic heterocycles. The number of rotatable bonds is 5. The van der Waals surface area contributed by atoms with E-state index in [1.165, 1.54) is 6.33 Å². The second-order valence-electron chi connectivity index (χ2n) is 7.26. The van der Waals surface area contributed by atoms with Gasteiger partial charge in [0.1, 0.15) is 24.4 Å². The van der Waals surface area contributed by atoms with E-state index in [1.54, 1.807) is 37.4 Å². The molecule has 3 heterocycles. The minimum absolute atomic E-state index is 0.0135. The molecule has 0 radical (unpaired) electrons. The fraction of sp³-hybridized carbons (Fsp3) is 0.333. The molecule has 1 aromatic heterocycles. The van der Waals surface area contributed by atoms with Crippen molar-refractivity contribution in [3.63, 3.8) is 0 Å². The highest BCUT2D eigenvalue weighted by molar-refractivity contribution is 6.36. The van der Waals surface area contributed by atoms with Crippen LogP contribution in [-0.2, 0) is 9.47 Å². The van der Waals surface area contributed by atoms with Gasteiger partial charge >= 0.3 is 0 Å². The van der Waals surface area contributed by atoms with Crippen LogP contribution in [0.3, 0.4) is 0 Å². The van der Waals surface area contributed by atoms with E-state index >= 15 is 0 Å². The van der Waals surface area contributed by atoms with E-state index in [0.717, 1.165) is 0 Å². The topological polar surface area (TPSA) is 74.7 Å². The number of fused-ring (bicyclic) bond motifs is 2. The Morgan fingerprint density at radius 2 is 1.90 bits per heavy atom. The normalized spacial score (nSPS) is 24.9. The van der Waals surface area contributed by atoms with Crippen LogP contribution in [0.4, 0.5) is 15.9 Å². The summed E-state index contributed by atoms with van der Waals surface area (Å²) in [6, 6.07) is 8.67. The number of anilines is 2. The first-order chi connectivity index (χ1) is 15.0. The number of benzene rings is 2. The van der Waals surface area contributed by atoms with Gasteiger partial charge in [-0.3, -0.25) is 0 Å². The molecule has 0 aliphatic carbocycles. The van der Waals surface area contributed by atoms with Gasteiger partial charge in [0, 0.05) is 16.5 Å². The van der Waals surface area contributed by atoms with Crippen molar-refractivity contribution in [2.24, 2.45) is 0 Å². The summed E-state index contributed by atoms with van der Waals surface area (Å²) in [6.07, 6.45) is -1.20. The predicted octanol–water partition coefficient (Wildman–Crippen LogP) is 4.57. The summed E-state index contributed by atoms with van der Waals surface area (Å²) in [4.78, 5) is 8.68. The number of nitrogens with one attached hydrogen (secondary N) is 1. The third-order valence-corrected chi connectivity index (χ3v) is 5.88. The van der Waals surface area contributed by atoms with Gasteiger partial charge in [0.2, 0.25) is 0 Å². The van der Waals surface area contributed by atoms with Gasteiger partial charge in [0.25, 0.3) is 0 Å². The van der Waals surface area contributed by atoms with E-state index in [4.69, 9.17) is 42.1 Å². The number of aromatic nitrogens is 2. The molecule has 2 aromatic carbocycles. The van der Waals surface area contributed by atoms with Crippen molar-refractivity contribution in [3.05, 3.63) is 46.7 Å². The largest absolute Gasteiger partial charge is 0.493 e. The lowest BCUT2D eigenvalue weighted by atomic mass is 10.1. The molecule has 0 bridgehead atoms. The predicted molar refractivity (Wildman–Crippen MR) is 115 cm³/mol. The first-order valence-corrected chi connectivity index (χ1v) is 10.4. The summed E-state index contributed by atoms with van der Waals surface area (Å²) in [5.74, 6) is 1.48. The molecule has 5 rings (SSSR count). The van der Waals surface area contributed by atoms with Crippen LogP contribution < -0.4 is 14.8 Å². The van der Waals surface area contributed by atoms with Crippen molar-refractivity contribution in [1.29, 1.82) is 0 Å². The zero-order valence-corrected chi connectivity index (χ0v) is 17.9. The van der Waals surface area contributed by atoms with Crippen LogP contribution in [0.25, 0.3) is 10.9 Å². The maximum Gasteiger partial charge on any atom is 0.164 e. The lowest BCUT2D eigenvalue weighted by Crippen LogP contribution is -2.33. The van der Waals surface area contributed by atoms with E-state index in [1.807, 2.05) is 0 Å². The standard InChI is InChI=1S/C21H18Cl2FN3O4/c1-28-16-5-11-15(6-17(16)31-18-8-30-19-13(24)7-29-20(18)19)25-9-26-21(11)27-14-3-2-10(22)4-12(14)23/h2-6,9,13,18-20H,7-8H2,1H3,(H,25,26,27)/t13-,18?,19+,20+/m1/s1. The van der Waals surface area contributed by atoms with E-state index in [0.29, 0.717) is 44.0 Å². The highest BCUT2D eigenvalue weighted by Gasteiger charge is 2.49. The number of ether oxygens (including phenoxy) is 4. The van der Waals surface area contributed by atoms with E-state index in [-0.39, 0.29) is 13.2 Å². The molecule has 0 saturated carbocycles. The molecule has 162 valence electrons. The number of alkyl halides is 1. The zero-order chi connectivity index (χ0) is 21.5. The van der Waals surface area contributed by atoms with Crippen molar-refractivity contribution < 1.29 is 23.3 Å². The molecule has 2 saturated heterocycles. The van der Waals surface area contributed by atoms with Gasteiger partial charge in [0.05, 0.1) is 36.6 Å². The fourth-order valence-corrected chi connectivity index (χ4v) is 4.27. The van der Waals surface area contributed by atoms with Crippen LogP contribution in [0.5, 0.6) is 11.5 Å². The Labute approximate surface area is 187 Å². The molecule has 3 aromatic rings. The highest BCUT2D eigenvalue weighted by atomic mass is 35.5. The Balaban J connectivity index is 1.46. The Bertz CT molecular complexity index is 1140. The molecule has 4 atom stereocenters. The van der Waals surface area contributed by atoms with Crippen molar-refractivity contribution >= 4 is 45.6 Å². The minimum atomic E-state index is -1.14. The van der Waals surface area contributed by atoms with Crippen LogP contribution in [0, 0.1) is 0 Å². The van der Waals surface area contributed by atoms with E-state index in [9.17, 15) is 4.39 Å². The Morgan fingerprint density at radius 3 is 2.71 bits per heavy atom. The summed E-state index contributed by atoms with van der Waals surface area (Å²) in [7, 11) is 1.54. The molecule has 0 amide bonds. The Kier molecular flexibility index (Phi) is 5.47. The zero-order valence-electron chi connectivity index (χ0n) is 16.3. The second kappa shape index (κ2) is 8.27. The molecular formula is C21H18Cl2FN3O4. The highest BCUT2D eigenvalue weighted by Crippen LogP contribution is 2.38. The molecule has 2 aliphatic rings. The SMILES string of the molecule is COc1cc2c(Nc3ccc(Cl)cc3Cl)ncnc2cc1OC1CO[C@H]2[C@H](F)CO[C@@H]12. The third-order valence-electron chi connectivity index (χ3n) is 5.33. The minimum Gasteiger partial charge on any atom is -0.493 e. The number of methoxy groups -OCH3 is 1. The fourth-order valence-electron chi connectivity index (χ4n) is 3.82. The second-order valence-corrected chi connectivity index (χ2v) is 8.10. The van der Waals surface area contributed by atoms with Gasteiger partial charge in [-0.2, -0.15) is 0 Å². The molecule has 1 unspecified atom stereocenters. The van der Waals surface area contributed by atoms with Crippen molar-refractivity contribution in [2.45, 2.75) is 24.5 Å². The molecule has 10 heteroatoms. The molecule has 0 spiro atoms. The summed E-state index contributed by atoms with van der Waals surface area (Å²) in [5.41, 5.74) is 1.28. The average Bonchev–Trinajstić information content (AvgIpc) is 3.33. The number of hydrogen-bond donors (Lipinski definition) is 1. The Morgan fingerprint density at radius 1 is 1.06 bits per heavy atom. The average molecular weight is 466 g/mol. The third kappa shape index (κ3) is 3.85. The summed E-state index contributed by atoms with van der Waals surface area (Å²) < 4.78 is 36.5. The summed E-state index contributed by atoms with van der Waals surface area (Å²) >= 11 is 12.3. The molecule has 1 N–H and O–H groups in total. The van der Waals surface area contributed by atoms with Crippen molar-refractivity contribution in [2.75, 3.05) is 25.6 Å². The summed E-state index contributed by atoms with van der Waals surface area (Å²) in [6.45, 7) is 0.252. The first kappa shape index (κ1) is 20.5. The molecule has 2 fully saturated rings. The van der Waals surface area contributed by atoms with Crippen LogP contribution in [0.1, 0.15) is 0 Å². The van der Waals surface area contributed by atoms with Gasteiger partial charge in [-0.05, 0) is 24.3 Å². The van der Waals surface area contributed by atoms with Gasteiger partial charge in [-0.15, -0.1) is 0 Å². The van der Waals surface area contributed by atoms with Gasteiger partial charge in [-0.25, -0.2) is 14.4 Å². The van der Waals surface area contributed by atoms with Gasteiger partial charge in [-0.1, -0.05) is 23.2 Å². The first-order valence-electron chi connectivity index (χ1n) is 9.62. The Hall–Kier alpha value is -2.39. The van der Waals surface area contributed by atoms with E-state index < -0.39 is 24.5 Å². The van der Waals surface area contributed by atoms with E-state index in [2.05, 4.69) is 15.3 Å². The van der Waals surface area contributed by atoms with Crippen molar-refractivity contribution in [1.82, 2.24) is 9.97 Å². The number of nitrogens with zero attached hydrogens (tertiary/aromatic N) is 2. The van der Waals surface area contributed by atoms with Crippen LogP contribution >= 0.6 is 23.2 Å². The summed E-state index contributed by atoms with van der Waals surface area (Å²) in [5, 5.41) is 4.91. The molecule has 7 nitrogen and oxygen atoms in total. The number of hydrogen-bond acceptors (Lipinski definition) is 7. The van der Waals surface area contributed by atoms with Gasteiger partial charge < -0.3 is 24.3 Å². The maximum absolute atomic E-state index is 13.8. The molecular weight excluding hydrogens is 448 g/mol. The quantitative estimate of drug-likeness (QED) is 0.591. The van der Waals surface area contributed by atoms with Crippen LogP contribution in [-0.4, -0.2) is 54.8 Å². The van der Waals surface area contributed by atoms with Crippen LogP contribution in [0.2, 0.25) is 10.0 Å². The lowest BCUT2D eigenvalue weighted by molar-refractivity contribution is 0.0271. The smallest absolute Gasteiger partial charge is 0.164 e. The monoisotopic (exact) mass is 465 g/mol. The lowest BCUT2D eigenvalue weighted by Gasteiger charge is -2.20. The van der Waals surface area contributed by atoms with Crippen LogP contribution in [0.15, 0.2) is 36.7 Å². The number of halogens is 3. The maximum atomic E-state index is 13.8. The van der Waals surface area contributed by atoms with Crippen molar-refractivity contribution in [3.8, 4) is 11.5 Å². The molecule has 31 heavy (non-hydrogen) atoms. The van der Waals surface area contributed by atoms with Gasteiger partial charge in [0.15, 0.2) is 23.8 Å².